The molecule has 2 saturated heterocycles. The number of benzene rings is 2. The predicted molar refractivity (Wildman–Crippen MR) is 126 cm³/mol. The van der Waals surface area contributed by atoms with Crippen molar-refractivity contribution in [2.75, 3.05) is 38.3 Å². The first-order valence-corrected chi connectivity index (χ1v) is 11.6. The van der Waals surface area contributed by atoms with Gasteiger partial charge in [-0.15, -0.1) is 0 Å². The summed E-state index contributed by atoms with van der Waals surface area (Å²) >= 11 is 0. The molecule has 3 heterocycles. The van der Waals surface area contributed by atoms with Gasteiger partial charge in [0.25, 0.3) is 0 Å². The largest absolute Gasteiger partial charge is 0.468 e. The van der Waals surface area contributed by atoms with Gasteiger partial charge in [-0.25, -0.2) is 4.57 Å². The number of hydrogen-bond donors (Lipinski definition) is 0. The molecule has 2 fully saturated rings. The number of nitrogens with zero attached hydrogens (tertiary/aromatic N) is 3. The third-order valence-electron chi connectivity index (χ3n) is 6.99. The maximum atomic E-state index is 13.0. The van der Waals surface area contributed by atoms with Crippen LogP contribution in [0.2, 0.25) is 0 Å². The number of aromatic nitrogens is 2. The molecular weight excluding hydrogens is 402 g/mol. The van der Waals surface area contributed by atoms with E-state index in [0.29, 0.717) is 17.8 Å². The molecular formula is C26H31N3O3. The molecule has 0 amide bonds. The number of hydrogen-bond acceptors (Lipinski definition) is 5. The lowest BCUT2D eigenvalue weighted by Gasteiger charge is -2.47. The lowest BCUT2D eigenvalue weighted by Crippen LogP contribution is -2.50. The van der Waals surface area contributed by atoms with Gasteiger partial charge >= 0.3 is 6.01 Å². The summed E-state index contributed by atoms with van der Waals surface area (Å²) in [7, 11) is 1.58. The Morgan fingerprint density at radius 1 is 1.09 bits per heavy atom. The van der Waals surface area contributed by atoms with Crippen LogP contribution in [0.4, 0.5) is 5.69 Å². The van der Waals surface area contributed by atoms with Crippen LogP contribution in [-0.4, -0.2) is 48.9 Å². The second-order valence-corrected chi connectivity index (χ2v) is 9.17. The van der Waals surface area contributed by atoms with Crippen LogP contribution in [0.5, 0.6) is 6.01 Å². The van der Waals surface area contributed by atoms with E-state index in [2.05, 4.69) is 46.3 Å². The average Bonchev–Trinajstić information content (AvgIpc) is 3.19. The molecule has 6 nitrogen and oxygen atoms in total. The van der Waals surface area contributed by atoms with Gasteiger partial charge < -0.3 is 14.4 Å². The minimum Gasteiger partial charge on any atom is -0.468 e. The molecule has 0 saturated carbocycles. The van der Waals surface area contributed by atoms with E-state index in [4.69, 9.17) is 9.47 Å². The van der Waals surface area contributed by atoms with Crippen molar-refractivity contribution in [2.24, 2.45) is 5.41 Å². The molecule has 6 heteroatoms. The normalized spacial score (nSPS) is 17.5. The monoisotopic (exact) mass is 433 g/mol. The van der Waals surface area contributed by atoms with E-state index in [9.17, 15) is 4.79 Å². The highest BCUT2D eigenvalue weighted by atomic mass is 16.5. The number of anilines is 1. The van der Waals surface area contributed by atoms with Gasteiger partial charge in [0.05, 0.1) is 31.4 Å². The van der Waals surface area contributed by atoms with E-state index in [1.165, 1.54) is 18.4 Å². The highest BCUT2D eigenvalue weighted by Crippen LogP contribution is 2.40. The summed E-state index contributed by atoms with van der Waals surface area (Å²) in [4.78, 5) is 20.1. The molecule has 0 N–H and O–H groups in total. The number of methoxy groups -OCH3 is 1. The summed E-state index contributed by atoms with van der Waals surface area (Å²) < 4.78 is 12.5. The topological polar surface area (TPSA) is 56.6 Å². The molecule has 0 atom stereocenters. The highest BCUT2D eigenvalue weighted by Gasteiger charge is 2.41. The van der Waals surface area contributed by atoms with Crippen LogP contribution in [0.3, 0.4) is 0 Å². The average molecular weight is 434 g/mol. The van der Waals surface area contributed by atoms with Crippen LogP contribution in [0.15, 0.2) is 48.5 Å². The Balaban J connectivity index is 1.26. The van der Waals surface area contributed by atoms with Crippen LogP contribution in [0.25, 0.3) is 11.0 Å². The van der Waals surface area contributed by atoms with E-state index in [0.717, 1.165) is 62.3 Å². The molecule has 5 rings (SSSR count). The van der Waals surface area contributed by atoms with Crippen LogP contribution in [0, 0.1) is 5.41 Å². The van der Waals surface area contributed by atoms with Crippen LogP contribution >= 0.6 is 0 Å². The number of carbonyl (C=O) groups excluding carboxylic acids is 1. The summed E-state index contributed by atoms with van der Waals surface area (Å²) in [6.07, 6.45) is 5.63. The van der Waals surface area contributed by atoms with Crippen molar-refractivity contribution < 1.29 is 14.3 Å². The summed E-state index contributed by atoms with van der Waals surface area (Å²) in [5.41, 5.74) is 4.52. The molecule has 1 aromatic heterocycles. The van der Waals surface area contributed by atoms with Gasteiger partial charge in [-0.1, -0.05) is 30.3 Å². The van der Waals surface area contributed by atoms with Crippen LogP contribution < -0.4 is 9.64 Å². The Morgan fingerprint density at radius 2 is 1.88 bits per heavy atom. The maximum absolute atomic E-state index is 13.0. The number of piperidine rings is 1. The zero-order valence-electron chi connectivity index (χ0n) is 18.8. The van der Waals surface area contributed by atoms with E-state index < -0.39 is 0 Å². The van der Waals surface area contributed by atoms with Crippen molar-refractivity contribution in [2.45, 2.75) is 38.5 Å². The van der Waals surface area contributed by atoms with Gasteiger partial charge in [0.2, 0.25) is 5.91 Å². The first-order valence-electron chi connectivity index (χ1n) is 11.6. The summed E-state index contributed by atoms with van der Waals surface area (Å²) in [5.74, 6) is 0.0371. The van der Waals surface area contributed by atoms with Crippen molar-refractivity contribution in [3.63, 3.8) is 0 Å². The third kappa shape index (κ3) is 4.11. The van der Waals surface area contributed by atoms with E-state index >= 15 is 0 Å². The van der Waals surface area contributed by atoms with E-state index in [1.807, 2.05) is 12.1 Å². The Labute approximate surface area is 189 Å². The molecule has 0 unspecified atom stereocenters. The van der Waals surface area contributed by atoms with Crippen molar-refractivity contribution in [1.82, 2.24) is 9.55 Å². The van der Waals surface area contributed by atoms with Gasteiger partial charge in [0.15, 0.2) is 0 Å². The van der Waals surface area contributed by atoms with Crippen molar-refractivity contribution in [3.05, 3.63) is 54.1 Å². The first-order chi connectivity index (χ1) is 15.7. The molecule has 2 aliphatic heterocycles. The zero-order valence-corrected chi connectivity index (χ0v) is 18.8. The Bertz CT molecular complexity index is 1080. The van der Waals surface area contributed by atoms with E-state index in [1.54, 1.807) is 11.7 Å². The standard InChI is InChI=1S/C26H31N3O3/c1-31-25-27-22-17-21(28-15-13-26(14-16-28)18-32-19-26)11-12-23(22)29(25)24(30)10-6-5-9-20-7-3-2-4-8-20/h2-4,7-8,11-12,17H,5-6,9-10,13-16,18-19H2,1H3. The second-order valence-electron chi connectivity index (χ2n) is 9.17. The molecule has 0 radical (unpaired) electrons. The minimum absolute atomic E-state index is 0.0371. The molecule has 168 valence electrons. The molecule has 1 spiro atoms. The summed E-state index contributed by atoms with van der Waals surface area (Å²) in [6.45, 7) is 3.89. The zero-order chi connectivity index (χ0) is 22.0. The quantitative estimate of drug-likeness (QED) is 0.505. The molecule has 0 bridgehead atoms. The number of imidazole rings is 1. The fourth-order valence-corrected chi connectivity index (χ4v) is 4.90. The van der Waals surface area contributed by atoms with Crippen LogP contribution in [0.1, 0.15) is 42.5 Å². The Hall–Kier alpha value is -2.86. The number of ether oxygens (including phenoxy) is 2. The molecule has 32 heavy (non-hydrogen) atoms. The number of carbonyl (C=O) groups is 1. The number of aryl methyl sites for hydroxylation is 1. The molecule has 0 aliphatic carbocycles. The maximum Gasteiger partial charge on any atom is 0.304 e. The van der Waals surface area contributed by atoms with Gasteiger partial charge in [-0.2, -0.15) is 4.98 Å². The van der Waals surface area contributed by atoms with E-state index in [-0.39, 0.29) is 5.91 Å². The van der Waals surface area contributed by atoms with Crippen molar-refractivity contribution >= 4 is 22.6 Å². The fraction of sp³-hybridized carbons (Fsp3) is 0.462. The first kappa shape index (κ1) is 21.0. The highest BCUT2D eigenvalue weighted by molar-refractivity contribution is 5.93. The van der Waals surface area contributed by atoms with Crippen molar-refractivity contribution in [3.8, 4) is 6.01 Å². The molecule has 2 aromatic carbocycles. The van der Waals surface area contributed by atoms with Crippen LogP contribution in [-0.2, 0) is 11.2 Å². The lowest BCUT2D eigenvalue weighted by molar-refractivity contribution is -0.124. The van der Waals surface area contributed by atoms with Gasteiger partial charge in [-0.05, 0) is 55.9 Å². The van der Waals surface area contributed by atoms with Gasteiger partial charge in [0.1, 0.15) is 0 Å². The Kier molecular flexibility index (Phi) is 5.87. The summed E-state index contributed by atoms with van der Waals surface area (Å²) in [6, 6.07) is 17.0. The number of unbranched alkanes of at least 4 members (excludes halogenated alkanes) is 1. The molecule has 2 aliphatic rings. The van der Waals surface area contributed by atoms with Gasteiger partial charge in [0, 0.05) is 30.6 Å². The minimum atomic E-state index is 0.0371. The fourth-order valence-electron chi connectivity index (χ4n) is 4.90. The number of rotatable bonds is 7. The SMILES string of the molecule is COc1nc2cc(N3CCC4(CC3)COC4)ccc2n1C(=O)CCCCc1ccccc1. The predicted octanol–water partition coefficient (Wildman–Crippen LogP) is 4.71. The second kappa shape index (κ2) is 8.94. The summed E-state index contributed by atoms with van der Waals surface area (Å²) in [5, 5.41) is 0. The lowest BCUT2D eigenvalue weighted by atomic mass is 9.77. The van der Waals surface area contributed by atoms with Gasteiger partial charge in [-0.3, -0.25) is 4.79 Å². The number of fused-ring (bicyclic) bond motifs is 1. The molecule has 3 aromatic rings. The smallest absolute Gasteiger partial charge is 0.304 e. The third-order valence-corrected chi connectivity index (χ3v) is 6.99. The van der Waals surface area contributed by atoms with Crippen molar-refractivity contribution in [1.29, 1.82) is 0 Å². The Morgan fingerprint density at radius 3 is 2.56 bits per heavy atom.